The number of nitrogens with one attached hydrogen (secondary N) is 1. The topological polar surface area (TPSA) is 191 Å². The molecule has 0 fully saturated rings. The van der Waals surface area contributed by atoms with Crippen LogP contribution in [0.2, 0.25) is 0 Å². The van der Waals surface area contributed by atoms with E-state index in [1.807, 2.05) is 0 Å². The van der Waals surface area contributed by atoms with Crippen LogP contribution in [0.5, 0.6) is 17.2 Å². The predicted molar refractivity (Wildman–Crippen MR) is 74.9 cm³/mol. The molecule has 0 aromatic heterocycles. The highest BCUT2D eigenvalue weighted by molar-refractivity contribution is 5.95. The Morgan fingerprint density at radius 2 is 1.43 bits per heavy atom. The van der Waals surface area contributed by atoms with Crippen molar-refractivity contribution in [2.75, 3.05) is 13.2 Å². The van der Waals surface area contributed by atoms with Crippen molar-refractivity contribution in [3.05, 3.63) is 17.7 Å². The van der Waals surface area contributed by atoms with E-state index in [1.54, 1.807) is 0 Å². The summed E-state index contributed by atoms with van der Waals surface area (Å²) in [4.78, 5) is 11.8. The van der Waals surface area contributed by atoms with Crippen molar-refractivity contribution >= 4 is 5.91 Å². The van der Waals surface area contributed by atoms with Crippen molar-refractivity contribution in [1.29, 1.82) is 0 Å². The Labute approximate surface area is 130 Å². The first kappa shape index (κ1) is 18.9. The number of hydrogen-bond donors (Lipinski definition) is 9. The summed E-state index contributed by atoms with van der Waals surface area (Å²) in [6.07, 6.45) is -6.98. The lowest BCUT2D eigenvalue weighted by molar-refractivity contribution is -0.113. The summed E-state index contributed by atoms with van der Waals surface area (Å²) in [7, 11) is 0. The standard InChI is InChI=1S/C13H19NO9/c15-4-9(19)12(22)11(21)8(18)3-14-13(23)5-1-6(16)10(20)7(17)2-5/h1-2,8-9,11-12,15-22H,3-4H2,(H,14,23)/t8?,9?,11-,12-/m1/s1. The van der Waals surface area contributed by atoms with Gasteiger partial charge in [-0.25, -0.2) is 0 Å². The van der Waals surface area contributed by atoms with E-state index in [1.165, 1.54) is 0 Å². The van der Waals surface area contributed by atoms with Crippen LogP contribution in [0.3, 0.4) is 0 Å². The molecule has 0 aliphatic rings. The van der Waals surface area contributed by atoms with Crippen molar-refractivity contribution in [1.82, 2.24) is 5.32 Å². The number of carbonyl (C=O) groups excluding carboxylic acids is 1. The second-order valence-corrected chi connectivity index (χ2v) is 4.87. The molecule has 1 aromatic carbocycles. The van der Waals surface area contributed by atoms with Crippen molar-refractivity contribution < 1.29 is 45.6 Å². The zero-order valence-corrected chi connectivity index (χ0v) is 11.9. The van der Waals surface area contributed by atoms with Crippen molar-refractivity contribution in [2.24, 2.45) is 0 Å². The van der Waals surface area contributed by atoms with Gasteiger partial charge in [0.1, 0.15) is 18.3 Å². The smallest absolute Gasteiger partial charge is 0.251 e. The lowest BCUT2D eigenvalue weighted by Crippen LogP contribution is -2.49. The molecule has 0 aliphatic carbocycles. The summed E-state index contributed by atoms with van der Waals surface area (Å²) < 4.78 is 0. The minimum atomic E-state index is -1.83. The average Bonchev–Trinajstić information content (AvgIpc) is 2.54. The van der Waals surface area contributed by atoms with Gasteiger partial charge in [-0.1, -0.05) is 0 Å². The molecule has 1 aromatic rings. The number of carbonyl (C=O) groups is 1. The van der Waals surface area contributed by atoms with E-state index in [0.717, 1.165) is 12.1 Å². The quantitative estimate of drug-likeness (QED) is 0.233. The Kier molecular flexibility index (Phi) is 6.54. The third-order valence-electron chi connectivity index (χ3n) is 3.13. The molecule has 10 heteroatoms. The lowest BCUT2D eigenvalue weighted by Gasteiger charge is -2.25. The van der Waals surface area contributed by atoms with Crippen LogP contribution in [0, 0.1) is 0 Å². The normalized spacial score (nSPS) is 16.4. The molecule has 23 heavy (non-hydrogen) atoms. The maximum atomic E-state index is 11.8. The number of phenols is 3. The second kappa shape index (κ2) is 7.94. The van der Waals surface area contributed by atoms with E-state index in [-0.39, 0.29) is 5.56 Å². The minimum Gasteiger partial charge on any atom is -0.504 e. The van der Waals surface area contributed by atoms with Crippen molar-refractivity contribution in [3.63, 3.8) is 0 Å². The summed E-state index contributed by atoms with van der Waals surface area (Å²) in [5, 5.41) is 76.3. The second-order valence-electron chi connectivity index (χ2n) is 4.87. The summed E-state index contributed by atoms with van der Waals surface area (Å²) in [6, 6.07) is 1.75. The molecule has 10 nitrogen and oxygen atoms in total. The summed E-state index contributed by atoms with van der Waals surface area (Å²) >= 11 is 0. The van der Waals surface area contributed by atoms with Crippen molar-refractivity contribution in [3.8, 4) is 17.2 Å². The first-order chi connectivity index (χ1) is 10.7. The molecule has 130 valence electrons. The number of benzene rings is 1. The van der Waals surface area contributed by atoms with Crippen LogP contribution in [-0.4, -0.2) is 84.3 Å². The molecule has 0 aliphatic heterocycles. The molecule has 0 saturated carbocycles. The van der Waals surface area contributed by atoms with Crippen LogP contribution in [0.4, 0.5) is 0 Å². The van der Waals surface area contributed by atoms with E-state index in [0.29, 0.717) is 0 Å². The molecule has 0 bridgehead atoms. The van der Waals surface area contributed by atoms with Crippen LogP contribution in [0.15, 0.2) is 12.1 Å². The number of rotatable bonds is 7. The number of hydrogen-bond acceptors (Lipinski definition) is 9. The Bertz CT molecular complexity index is 527. The van der Waals surface area contributed by atoms with E-state index in [4.69, 9.17) is 15.3 Å². The Balaban J connectivity index is 2.65. The van der Waals surface area contributed by atoms with Gasteiger partial charge in [-0.15, -0.1) is 0 Å². The number of aromatic hydroxyl groups is 3. The lowest BCUT2D eigenvalue weighted by atomic mass is 10.0. The van der Waals surface area contributed by atoms with Crippen LogP contribution in [0.25, 0.3) is 0 Å². The van der Waals surface area contributed by atoms with Gasteiger partial charge in [0, 0.05) is 12.1 Å². The van der Waals surface area contributed by atoms with Gasteiger partial charge in [0.05, 0.1) is 12.7 Å². The summed E-state index contributed by atoms with van der Waals surface area (Å²) in [5.41, 5.74) is -0.226. The summed E-state index contributed by atoms with van der Waals surface area (Å²) in [5.74, 6) is -3.09. The van der Waals surface area contributed by atoms with Gasteiger partial charge in [0.2, 0.25) is 0 Å². The molecule has 0 radical (unpaired) electrons. The largest absolute Gasteiger partial charge is 0.504 e. The van der Waals surface area contributed by atoms with E-state index in [9.17, 15) is 30.3 Å². The minimum absolute atomic E-state index is 0.226. The SMILES string of the molecule is O=C(NCC(O)[C@@H](O)[C@H](O)C(O)CO)c1cc(O)c(O)c(O)c1. The molecule has 0 spiro atoms. The number of phenolic OH excluding ortho intramolecular Hbond substituents is 3. The van der Waals surface area contributed by atoms with Crippen LogP contribution in [-0.2, 0) is 0 Å². The number of aliphatic hydroxyl groups excluding tert-OH is 5. The monoisotopic (exact) mass is 333 g/mol. The first-order valence-corrected chi connectivity index (χ1v) is 6.55. The third kappa shape index (κ3) is 4.68. The molecular formula is C13H19NO9. The highest BCUT2D eigenvalue weighted by atomic mass is 16.4. The van der Waals surface area contributed by atoms with Gasteiger partial charge in [0.25, 0.3) is 5.91 Å². The van der Waals surface area contributed by atoms with Gasteiger partial charge in [-0.3, -0.25) is 4.79 Å². The fourth-order valence-corrected chi connectivity index (χ4v) is 1.72. The first-order valence-electron chi connectivity index (χ1n) is 6.55. The van der Waals surface area contributed by atoms with E-state index < -0.39 is 60.7 Å². The fraction of sp³-hybridized carbons (Fsp3) is 0.462. The zero-order chi connectivity index (χ0) is 17.7. The molecule has 0 saturated heterocycles. The van der Waals surface area contributed by atoms with Gasteiger partial charge in [-0.05, 0) is 12.1 Å². The zero-order valence-electron chi connectivity index (χ0n) is 11.9. The van der Waals surface area contributed by atoms with Gasteiger partial charge in [-0.2, -0.15) is 0 Å². The molecule has 2 unspecified atom stereocenters. The highest BCUT2D eigenvalue weighted by Gasteiger charge is 2.30. The van der Waals surface area contributed by atoms with E-state index in [2.05, 4.69) is 5.32 Å². The third-order valence-corrected chi connectivity index (χ3v) is 3.13. The maximum Gasteiger partial charge on any atom is 0.251 e. The molecule has 0 heterocycles. The van der Waals surface area contributed by atoms with Gasteiger partial charge in [0.15, 0.2) is 17.2 Å². The average molecular weight is 333 g/mol. The summed E-state index contributed by atoms with van der Waals surface area (Å²) in [6.45, 7) is -1.36. The number of aliphatic hydroxyl groups is 5. The van der Waals surface area contributed by atoms with E-state index >= 15 is 0 Å². The van der Waals surface area contributed by atoms with Crippen LogP contribution < -0.4 is 5.32 Å². The van der Waals surface area contributed by atoms with Gasteiger partial charge >= 0.3 is 0 Å². The molecule has 9 N–H and O–H groups in total. The van der Waals surface area contributed by atoms with Crippen LogP contribution in [0.1, 0.15) is 10.4 Å². The van der Waals surface area contributed by atoms with Crippen molar-refractivity contribution in [2.45, 2.75) is 24.4 Å². The molecular weight excluding hydrogens is 314 g/mol. The number of amides is 1. The van der Waals surface area contributed by atoms with Crippen LogP contribution >= 0.6 is 0 Å². The highest BCUT2D eigenvalue weighted by Crippen LogP contribution is 2.35. The Morgan fingerprint density at radius 1 is 0.957 bits per heavy atom. The fourth-order valence-electron chi connectivity index (χ4n) is 1.72. The predicted octanol–water partition coefficient (Wildman–Crippen LogP) is -3.03. The maximum absolute atomic E-state index is 11.8. The molecule has 1 rings (SSSR count). The molecule has 4 atom stereocenters. The van der Waals surface area contributed by atoms with Gasteiger partial charge < -0.3 is 46.2 Å². The Hall–Kier alpha value is -2.11. The molecule has 1 amide bonds. The Morgan fingerprint density at radius 3 is 1.91 bits per heavy atom.